The van der Waals surface area contributed by atoms with Crippen molar-refractivity contribution in [1.82, 2.24) is 14.8 Å². The van der Waals surface area contributed by atoms with Gasteiger partial charge in [0.2, 0.25) is 0 Å². The Kier molecular flexibility index (Phi) is 7.09. The normalized spacial score (nSPS) is 13.4. The van der Waals surface area contributed by atoms with Gasteiger partial charge in [0, 0.05) is 61.6 Å². The van der Waals surface area contributed by atoms with Gasteiger partial charge in [0.05, 0.1) is 23.1 Å². The van der Waals surface area contributed by atoms with E-state index in [1.807, 2.05) is 4.90 Å². The second kappa shape index (κ2) is 10.6. The number of carbonyl (C=O) groups is 1. The molecule has 1 fully saturated rings. The smallest absolute Gasteiger partial charge is 0.416 e. The van der Waals surface area contributed by atoms with Gasteiger partial charge in [-0.2, -0.15) is 18.3 Å². The number of aromatic nitrogens is 3. The first-order chi connectivity index (χ1) is 18.6. The van der Waals surface area contributed by atoms with E-state index in [1.165, 1.54) is 18.2 Å². The molecule has 39 heavy (non-hydrogen) atoms. The van der Waals surface area contributed by atoms with E-state index in [1.54, 1.807) is 42.5 Å². The lowest BCUT2D eigenvalue weighted by atomic mass is 10.1. The molecule has 12 heteroatoms. The summed E-state index contributed by atoms with van der Waals surface area (Å²) < 4.78 is 62.5. The van der Waals surface area contributed by atoms with E-state index in [9.17, 15) is 22.4 Å². The predicted molar refractivity (Wildman–Crippen MR) is 138 cm³/mol. The number of ether oxygens (including phenoxy) is 1. The molecule has 202 valence electrons. The fraction of sp³-hybridized carbons (Fsp3) is 0.222. The van der Waals surface area contributed by atoms with E-state index in [-0.39, 0.29) is 17.1 Å². The molecule has 0 spiro atoms. The number of amides is 2. The van der Waals surface area contributed by atoms with Crippen LogP contribution in [-0.4, -0.2) is 33.9 Å². The fourth-order valence-corrected chi connectivity index (χ4v) is 4.28. The van der Waals surface area contributed by atoms with Crippen LogP contribution in [0.1, 0.15) is 18.4 Å². The van der Waals surface area contributed by atoms with Gasteiger partial charge in [-0.15, -0.1) is 0 Å². The Bertz CT molecular complexity index is 1500. The number of urea groups is 1. The average molecular weight is 541 g/mol. The van der Waals surface area contributed by atoms with E-state index in [0.717, 1.165) is 36.6 Å². The molecule has 0 atom stereocenters. The molecule has 2 amide bonds. The Labute approximate surface area is 221 Å². The van der Waals surface area contributed by atoms with Crippen LogP contribution < -0.4 is 20.3 Å². The first-order valence-electron chi connectivity index (χ1n) is 12.1. The number of nitrogens with one attached hydrogen (secondary N) is 2. The number of pyridine rings is 1. The average Bonchev–Trinajstić information content (AvgIpc) is 3.58. The van der Waals surface area contributed by atoms with Crippen molar-refractivity contribution in [2.24, 2.45) is 7.05 Å². The highest BCUT2D eigenvalue weighted by Crippen LogP contribution is 2.35. The minimum Gasteiger partial charge on any atom is -0.457 e. The maximum atomic E-state index is 14.5. The number of anilines is 3. The van der Waals surface area contributed by atoms with E-state index in [4.69, 9.17) is 4.74 Å². The minimum absolute atomic E-state index is 0.0586. The first-order valence-corrected chi connectivity index (χ1v) is 12.1. The van der Waals surface area contributed by atoms with Gasteiger partial charge in [0.25, 0.3) is 0 Å². The summed E-state index contributed by atoms with van der Waals surface area (Å²) in [6.45, 7) is 1.26. The molecular formula is C27H24F4N6O2. The molecule has 0 bridgehead atoms. The van der Waals surface area contributed by atoms with Crippen LogP contribution in [0.4, 0.5) is 39.4 Å². The zero-order valence-electron chi connectivity index (χ0n) is 20.8. The Morgan fingerprint density at radius 3 is 2.49 bits per heavy atom. The van der Waals surface area contributed by atoms with Gasteiger partial charge in [0.1, 0.15) is 17.3 Å². The molecule has 1 aliphatic rings. The molecule has 8 nitrogen and oxygen atoms in total. The number of alkyl halides is 3. The number of carbonyl (C=O) groups excluding carboxylic acids is 1. The lowest BCUT2D eigenvalue weighted by molar-refractivity contribution is -0.137. The Morgan fingerprint density at radius 2 is 1.77 bits per heavy atom. The molecule has 1 saturated heterocycles. The van der Waals surface area contributed by atoms with Crippen molar-refractivity contribution in [1.29, 1.82) is 0 Å². The summed E-state index contributed by atoms with van der Waals surface area (Å²) >= 11 is 0. The summed E-state index contributed by atoms with van der Waals surface area (Å²) in [5.41, 5.74) is 0.613. The van der Waals surface area contributed by atoms with Crippen molar-refractivity contribution in [2.75, 3.05) is 28.6 Å². The number of hydrogen-bond donors (Lipinski definition) is 2. The van der Waals surface area contributed by atoms with Crippen molar-refractivity contribution in [3.8, 4) is 22.8 Å². The van der Waals surface area contributed by atoms with Crippen LogP contribution in [0, 0.1) is 5.82 Å². The van der Waals surface area contributed by atoms with Crippen LogP contribution in [0.5, 0.6) is 11.5 Å². The summed E-state index contributed by atoms with van der Waals surface area (Å²) in [4.78, 5) is 18.8. The summed E-state index contributed by atoms with van der Waals surface area (Å²) in [6.07, 6.45) is 2.17. The molecule has 3 heterocycles. The molecule has 4 aromatic rings. The van der Waals surface area contributed by atoms with Crippen molar-refractivity contribution >= 4 is 23.1 Å². The molecule has 0 radical (unpaired) electrons. The molecule has 2 aromatic heterocycles. The summed E-state index contributed by atoms with van der Waals surface area (Å²) in [5.74, 6) is -0.0974. The topological polar surface area (TPSA) is 84.3 Å². The fourth-order valence-electron chi connectivity index (χ4n) is 4.28. The number of benzene rings is 2. The van der Waals surface area contributed by atoms with Crippen LogP contribution in [0.15, 0.2) is 67.1 Å². The van der Waals surface area contributed by atoms with Crippen molar-refractivity contribution in [3.63, 3.8) is 0 Å². The van der Waals surface area contributed by atoms with E-state index in [0.29, 0.717) is 30.2 Å². The molecule has 1 aliphatic heterocycles. The molecule has 2 aromatic carbocycles. The van der Waals surface area contributed by atoms with E-state index in [2.05, 4.69) is 20.7 Å². The van der Waals surface area contributed by atoms with Crippen molar-refractivity contribution in [2.45, 2.75) is 19.0 Å². The Hall–Kier alpha value is -4.61. The highest BCUT2D eigenvalue weighted by Gasteiger charge is 2.32. The number of rotatable bonds is 6. The number of halogens is 4. The third kappa shape index (κ3) is 6.28. The quantitative estimate of drug-likeness (QED) is 0.267. The molecule has 5 rings (SSSR count). The summed E-state index contributed by atoms with van der Waals surface area (Å²) in [5, 5.41) is 8.86. The summed E-state index contributed by atoms with van der Waals surface area (Å²) in [7, 11) is 1.78. The number of hydrogen-bond acceptors (Lipinski definition) is 5. The SMILES string of the molecule is Cn1cc(-c2cc(Oc3ccc(F)c(NC(=O)Nc4cc(N5CCCC5)cc(C(F)(F)F)c4)c3)ccn2)cn1. The monoisotopic (exact) mass is 540 g/mol. The van der Waals surface area contributed by atoms with Gasteiger partial charge >= 0.3 is 12.2 Å². The van der Waals surface area contributed by atoms with Crippen molar-refractivity contribution < 1.29 is 27.1 Å². The second-order valence-corrected chi connectivity index (χ2v) is 9.06. The van der Waals surface area contributed by atoms with Crippen LogP contribution in [-0.2, 0) is 13.2 Å². The van der Waals surface area contributed by atoms with Gasteiger partial charge in [-0.1, -0.05) is 0 Å². The Balaban J connectivity index is 1.31. The van der Waals surface area contributed by atoms with Crippen LogP contribution >= 0.6 is 0 Å². The van der Waals surface area contributed by atoms with Crippen molar-refractivity contribution in [3.05, 3.63) is 78.5 Å². The standard InChI is InChI=1S/C27H24F4N6O2/c1-36-16-17(15-33-36)24-13-22(6-7-32-24)39-21-4-5-23(28)25(14-21)35-26(38)34-19-10-18(27(29,30)31)11-20(12-19)37-8-2-3-9-37/h4-7,10-16H,2-3,8-9H2,1H3,(H2,34,35,38). The summed E-state index contributed by atoms with van der Waals surface area (Å²) in [6, 6.07) is 9.56. The maximum absolute atomic E-state index is 14.5. The molecule has 0 aliphatic carbocycles. The van der Waals surface area contributed by atoms with E-state index >= 15 is 0 Å². The van der Waals surface area contributed by atoms with Crippen LogP contribution in [0.3, 0.4) is 0 Å². The predicted octanol–water partition coefficient (Wildman–Crippen LogP) is 6.68. The Morgan fingerprint density at radius 1 is 1.00 bits per heavy atom. The number of nitrogens with zero attached hydrogens (tertiary/aromatic N) is 4. The van der Waals surface area contributed by atoms with Gasteiger partial charge in [-0.3, -0.25) is 9.67 Å². The maximum Gasteiger partial charge on any atom is 0.416 e. The third-order valence-corrected chi connectivity index (χ3v) is 6.13. The zero-order chi connectivity index (χ0) is 27.6. The highest BCUT2D eigenvalue weighted by molar-refractivity contribution is 6.00. The first kappa shape index (κ1) is 26.0. The second-order valence-electron chi connectivity index (χ2n) is 9.06. The number of aryl methyl sites for hydroxylation is 1. The van der Waals surface area contributed by atoms with E-state index < -0.39 is 23.6 Å². The van der Waals surface area contributed by atoms with Gasteiger partial charge in [0.15, 0.2) is 0 Å². The largest absolute Gasteiger partial charge is 0.457 e. The highest BCUT2D eigenvalue weighted by atomic mass is 19.4. The van der Waals surface area contributed by atoms with Gasteiger partial charge in [-0.25, -0.2) is 9.18 Å². The molecule has 2 N–H and O–H groups in total. The molecule has 0 unspecified atom stereocenters. The molecular weight excluding hydrogens is 516 g/mol. The molecule has 0 saturated carbocycles. The van der Waals surface area contributed by atoms with Crippen LogP contribution in [0.25, 0.3) is 11.3 Å². The third-order valence-electron chi connectivity index (χ3n) is 6.13. The van der Waals surface area contributed by atoms with Gasteiger partial charge < -0.3 is 20.3 Å². The lowest BCUT2D eigenvalue weighted by Gasteiger charge is -2.21. The zero-order valence-corrected chi connectivity index (χ0v) is 20.8. The van der Waals surface area contributed by atoms with Crippen LogP contribution in [0.2, 0.25) is 0 Å². The lowest BCUT2D eigenvalue weighted by Crippen LogP contribution is -2.22. The van der Waals surface area contributed by atoms with Gasteiger partial charge in [-0.05, 0) is 49.2 Å². The minimum atomic E-state index is -4.59.